The minimum absolute atomic E-state index is 0.0618. The predicted octanol–water partition coefficient (Wildman–Crippen LogP) is 3.57. The Bertz CT molecular complexity index is 330. The Morgan fingerprint density at radius 3 is 2.53 bits per heavy atom. The number of rotatable bonds is 0. The normalized spacial score (nSPS) is 51.9. The Labute approximate surface area is 92.6 Å². The second-order valence-electron chi connectivity index (χ2n) is 7.09. The molecule has 3 aliphatic carbocycles. The van der Waals surface area contributed by atoms with Gasteiger partial charge in [-0.25, -0.2) is 0 Å². The van der Waals surface area contributed by atoms with Gasteiger partial charge in [0, 0.05) is 11.3 Å². The second kappa shape index (κ2) is 2.49. The third kappa shape index (κ3) is 0.933. The van der Waals surface area contributed by atoms with Crippen molar-refractivity contribution < 1.29 is 4.79 Å². The minimum atomic E-state index is 0.0618. The highest BCUT2D eigenvalue weighted by molar-refractivity contribution is 5.91. The van der Waals surface area contributed by atoms with Gasteiger partial charge in [-0.1, -0.05) is 27.2 Å². The zero-order valence-electron chi connectivity index (χ0n) is 10.2. The van der Waals surface area contributed by atoms with Gasteiger partial charge < -0.3 is 0 Å². The van der Waals surface area contributed by atoms with Crippen LogP contribution in [0.2, 0.25) is 0 Å². The van der Waals surface area contributed by atoms with Crippen LogP contribution in [-0.4, -0.2) is 5.78 Å². The molecule has 3 atom stereocenters. The first kappa shape index (κ1) is 9.86. The topological polar surface area (TPSA) is 17.1 Å². The zero-order valence-corrected chi connectivity index (χ0v) is 10.2. The molecule has 3 aliphatic rings. The summed E-state index contributed by atoms with van der Waals surface area (Å²) >= 11 is 0. The molecule has 0 aromatic carbocycles. The van der Waals surface area contributed by atoms with Gasteiger partial charge in [0.1, 0.15) is 5.78 Å². The van der Waals surface area contributed by atoms with Gasteiger partial charge in [-0.3, -0.25) is 4.79 Å². The molecule has 0 amide bonds. The fourth-order valence-electron chi connectivity index (χ4n) is 5.01. The largest absolute Gasteiger partial charge is 0.299 e. The van der Waals surface area contributed by atoms with Crippen LogP contribution >= 0.6 is 0 Å². The molecule has 1 heteroatoms. The SMILES string of the molecule is CC1(C)CCC[C@H]2C(=O)[C@@]3(C)CC[C@]21C3. The number of carbonyl (C=O) groups is 1. The first-order valence-corrected chi connectivity index (χ1v) is 6.46. The molecule has 3 rings (SSSR count). The fraction of sp³-hybridized carbons (Fsp3) is 0.929. The summed E-state index contributed by atoms with van der Waals surface area (Å²) in [6, 6.07) is 0. The lowest BCUT2D eigenvalue weighted by molar-refractivity contribution is -0.136. The number of fused-ring (bicyclic) bond motifs is 1. The fourth-order valence-corrected chi connectivity index (χ4v) is 5.01. The standard InChI is InChI=1S/C14H22O/c1-12(2)6-4-5-10-11(15)13(3)7-8-14(10,12)9-13/h10H,4-9H2,1-3H3/t10-,13-,14-/m0/s1. The summed E-state index contributed by atoms with van der Waals surface area (Å²) < 4.78 is 0. The van der Waals surface area contributed by atoms with E-state index in [1.165, 1.54) is 32.1 Å². The lowest BCUT2D eigenvalue weighted by atomic mass is 9.53. The van der Waals surface area contributed by atoms with E-state index in [4.69, 9.17) is 0 Å². The van der Waals surface area contributed by atoms with Crippen LogP contribution < -0.4 is 0 Å². The summed E-state index contributed by atoms with van der Waals surface area (Å²) in [6.45, 7) is 7.03. The van der Waals surface area contributed by atoms with Crippen molar-refractivity contribution in [2.24, 2.45) is 22.2 Å². The first-order chi connectivity index (χ1) is 6.91. The maximum absolute atomic E-state index is 12.4. The van der Waals surface area contributed by atoms with E-state index in [1.807, 2.05) is 0 Å². The average molecular weight is 206 g/mol. The van der Waals surface area contributed by atoms with Crippen LogP contribution in [0.3, 0.4) is 0 Å². The van der Waals surface area contributed by atoms with Crippen molar-refractivity contribution in [2.75, 3.05) is 0 Å². The third-order valence-electron chi connectivity index (χ3n) is 6.05. The number of Topliss-reactive ketones (excluding diaryl/α,β-unsaturated/α-hetero) is 1. The number of ketones is 1. The lowest BCUT2D eigenvalue weighted by Gasteiger charge is -2.51. The van der Waals surface area contributed by atoms with Gasteiger partial charge in [0.15, 0.2) is 0 Å². The Hall–Kier alpha value is -0.330. The average Bonchev–Trinajstić information content (AvgIpc) is 2.60. The molecule has 1 nitrogen and oxygen atoms in total. The molecule has 15 heavy (non-hydrogen) atoms. The third-order valence-corrected chi connectivity index (χ3v) is 6.05. The maximum Gasteiger partial charge on any atom is 0.142 e. The summed E-state index contributed by atoms with van der Waals surface area (Å²) in [6.07, 6.45) is 7.43. The molecule has 1 spiro atoms. The molecule has 2 bridgehead atoms. The first-order valence-electron chi connectivity index (χ1n) is 6.46. The monoisotopic (exact) mass is 206 g/mol. The van der Waals surface area contributed by atoms with Gasteiger partial charge >= 0.3 is 0 Å². The van der Waals surface area contributed by atoms with Crippen molar-refractivity contribution in [1.82, 2.24) is 0 Å². The van der Waals surface area contributed by atoms with Crippen molar-refractivity contribution in [3.05, 3.63) is 0 Å². The van der Waals surface area contributed by atoms with E-state index in [0.29, 0.717) is 22.5 Å². The Morgan fingerprint density at radius 2 is 1.87 bits per heavy atom. The van der Waals surface area contributed by atoms with E-state index >= 15 is 0 Å². The second-order valence-corrected chi connectivity index (χ2v) is 7.09. The van der Waals surface area contributed by atoms with E-state index in [0.717, 1.165) is 6.42 Å². The van der Waals surface area contributed by atoms with Crippen molar-refractivity contribution in [3.8, 4) is 0 Å². The van der Waals surface area contributed by atoms with Gasteiger partial charge in [-0.05, 0) is 42.9 Å². The molecule has 84 valence electrons. The Morgan fingerprint density at radius 1 is 1.13 bits per heavy atom. The van der Waals surface area contributed by atoms with Gasteiger partial charge in [0.05, 0.1) is 0 Å². The van der Waals surface area contributed by atoms with Crippen molar-refractivity contribution in [2.45, 2.75) is 59.3 Å². The van der Waals surface area contributed by atoms with Crippen LogP contribution in [0.15, 0.2) is 0 Å². The number of hydrogen-bond acceptors (Lipinski definition) is 1. The summed E-state index contributed by atoms with van der Waals surface area (Å²) in [7, 11) is 0. The molecular formula is C14H22O. The molecule has 0 radical (unpaired) electrons. The number of hydrogen-bond donors (Lipinski definition) is 0. The van der Waals surface area contributed by atoms with Gasteiger partial charge in [0.2, 0.25) is 0 Å². The zero-order chi connectivity index (χ0) is 10.9. The van der Waals surface area contributed by atoms with Gasteiger partial charge in [0.25, 0.3) is 0 Å². The van der Waals surface area contributed by atoms with E-state index in [2.05, 4.69) is 20.8 Å². The van der Waals surface area contributed by atoms with Crippen LogP contribution in [0.1, 0.15) is 59.3 Å². The van der Waals surface area contributed by atoms with Crippen molar-refractivity contribution in [1.29, 1.82) is 0 Å². The quantitative estimate of drug-likeness (QED) is 0.592. The molecule has 0 N–H and O–H groups in total. The summed E-state index contributed by atoms with van der Waals surface area (Å²) in [5.74, 6) is 1.03. The summed E-state index contributed by atoms with van der Waals surface area (Å²) in [5, 5.41) is 0. The van der Waals surface area contributed by atoms with Crippen molar-refractivity contribution >= 4 is 5.78 Å². The molecule has 3 saturated carbocycles. The molecule has 0 unspecified atom stereocenters. The lowest BCUT2D eigenvalue weighted by Crippen LogP contribution is -2.46. The Balaban J connectivity index is 2.10. The smallest absolute Gasteiger partial charge is 0.142 e. The highest BCUT2D eigenvalue weighted by Crippen LogP contribution is 2.72. The van der Waals surface area contributed by atoms with E-state index < -0.39 is 0 Å². The van der Waals surface area contributed by atoms with E-state index in [9.17, 15) is 4.79 Å². The van der Waals surface area contributed by atoms with Crippen LogP contribution in [-0.2, 0) is 4.79 Å². The van der Waals surface area contributed by atoms with E-state index in [1.54, 1.807) is 0 Å². The minimum Gasteiger partial charge on any atom is -0.299 e. The molecule has 0 saturated heterocycles. The summed E-state index contributed by atoms with van der Waals surface area (Å²) in [4.78, 5) is 12.4. The molecule has 0 aliphatic heterocycles. The molecule has 0 heterocycles. The highest BCUT2D eigenvalue weighted by atomic mass is 16.1. The van der Waals surface area contributed by atoms with Crippen LogP contribution in [0.5, 0.6) is 0 Å². The summed E-state index contributed by atoms with van der Waals surface area (Å²) in [5.41, 5.74) is 0.850. The molecular weight excluding hydrogens is 184 g/mol. The van der Waals surface area contributed by atoms with Gasteiger partial charge in [-0.2, -0.15) is 0 Å². The number of carbonyl (C=O) groups excluding carboxylic acids is 1. The highest BCUT2D eigenvalue weighted by Gasteiger charge is 2.68. The van der Waals surface area contributed by atoms with Crippen LogP contribution in [0.4, 0.5) is 0 Å². The van der Waals surface area contributed by atoms with E-state index in [-0.39, 0.29) is 5.41 Å². The maximum atomic E-state index is 12.4. The predicted molar refractivity (Wildman–Crippen MR) is 60.5 cm³/mol. The van der Waals surface area contributed by atoms with Crippen LogP contribution in [0.25, 0.3) is 0 Å². The molecule has 3 fully saturated rings. The molecule has 0 aromatic heterocycles. The van der Waals surface area contributed by atoms with Gasteiger partial charge in [-0.15, -0.1) is 0 Å². The van der Waals surface area contributed by atoms with Crippen molar-refractivity contribution in [3.63, 3.8) is 0 Å². The Kier molecular flexibility index (Phi) is 1.64. The van der Waals surface area contributed by atoms with Crippen LogP contribution in [0, 0.1) is 22.2 Å². The molecule has 0 aromatic rings.